The van der Waals surface area contributed by atoms with Crippen LogP contribution in [0.2, 0.25) is 0 Å². The van der Waals surface area contributed by atoms with Gasteiger partial charge in [-0.15, -0.1) is 11.3 Å². The molecule has 0 fully saturated rings. The third-order valence-corrected chi connectivity index (χ3v) is 5.55. The summed E-state index contributed by atoms with van der Waals surface area (Å²) in [6.45, 7) is 1.82. The van der Waals surface area contributed by atoms with Crippen LogP contribution in [0.5, 0.6) is 0 Å². The fraction of sp³-hybridized carbons (Fsp3) is 0.105. The van der Waals surface area contributed by atoms with Gasteiger partial charge in [0.2, 0.25) is 0 Å². The first kappa shape index (κ1) is 20.0. The fourth-order valence-electron chi connectivity index (χ4n) is 2.37. The first-order valence-corrected chi connectivity index (χ1v) is 9.85. The highest BCUT2D eigenvalue weighted by Gasteiger charge is 2.18. The van der Waals surface area contributed by atoms with E-state index in [4.69, 9.17) is 0 Å². The van der Waals surface area contributed by atoms with E-state index < -0.39 is 11.7 Å². The van der Waals surface area contributed by atoms with Gasteiger partial charge >= 0.3 is 0 Å². The number of benzene rings is 1. The van der Waals surface area contributed by atoms with Crippen LogP contribution in [-0.4, -0.2) is 22.6 Å². The number of carbonyl (C=O) groups excluding carboxylic acids is 2. The Morgan fingerprint density at radius 3 is 2.54 bits per heavy atom. The molecular formula is C19H15F2N3O2S2. The van der Waals surface area contributed by atoms with Crippen LogP contribution in [-0.2, 0) is 0 Å². The molecule has 2 N–H and O–H groups in total. The first-order chi connectivity index (χ1) is 13.4. The van der Waals surface area contributed by atoms with E-state index in [1.165, 1.54) is 18.5 Å². The normalized spacial score (nSPS) is 10.7. The maximum Gasteiger partial charge on any atom is 0.288 e. The van der Waals surface area contributed by atoms with E-state index >= 15 is 0 Å². The summed E-state index contributed by atoms with van der Waals surface area (Å²) in [5, 5.41) is 7.08. The minimum absolute atomic E-state index is 0.216. The van der Waals surface area contributed by atoms with Crippen molar-refractivity contribution >= 4 is 46.3 Å². The van der Waals surface area contributed by atoms with Crippen molar-refractivity contribution in [3.63, 3.8) is 0 Å². The van der Waals surface area contributed by atoms with E-state index in [1.54, 1.807) is 35.7 Å². The van der Waals surface area contributed by atoms with Gasteiger partial charge in [0.05, 0.1) is 0 Å². The van der Waals surface area contributed by atoms with Gasteiger partial charge in [-0.05, 0) is 48.2 Å². The number of alkyl halides is 2. The van der Waals surface area contributed by atoms with Gasteiger partial charge in [0, 0.05) is 34.2 Å². The maximum atomic E-state index is 12.6. The van der Waals surface area contributed by atoms with Gasteiger partial charge in [-0.2, -0.15) is 8.78 Å². The average Bonchev–Trinajstić information content (AvgIpc) is 3.12. The largest absolute Gasteiger partial charge is 0.322 e. The summed E-state index contributed by atoms with van der Waals surface area (Å²) < 4.78 is 25.2. The predicted molar refractivity (Wildman–Crippen MR) is 108 cm³/mol. The Balaban J connectivity index is 1.75. The molecular weight excluding hydrogens is 404 g/mol. The standard InChI is InChI=1S/C19H15F2N3O2S2/c1-11-2-3-13(10-14(11)24-17(25)12-4-7-22-8-5-12)23-18(26)16-15(6-9-27-16)28-19(20)21/h2-10,19H,1H3,(H,23,26)(H,24,25). The van der Waals surface area contributed by atoms with E-state index in [1.807, 2.05) is 6.92 Å². The number of aromatic nitrogens is 1. The zero-order chi connectivity index (χ0) is 20.1. The smallest absolute Gasteiger partial charge is 0.288 e. The number of thiophene rings is 1. The molecule has 1 aromatic carbocycles. The molecule has 0 aliphatic carbocycles. The average molecular weight is 419 g/mol. The molecule has 144 valence electrons. The lowest BCUT2D eigenvalue weighted by molar-refractivity contribution is 0.102. The molecule has 5 nitrogen and oxygen atoms in total. The second-order valence-corrected chi connectivity index (χ2v) is 7.61. The molecule has 0 saturated heterocycles. The molecule has 0 spiro atoms. The van der Waals surface area contributed by atoms with Crippen LogP contribution in [0.25, 0.3) is 0 Å². The Morgan fingerprint density at radius 1 is 1.07 bits per heavy atom. The highest BCUT2D eigenvalue weighted by Crippen LogP contribution is 2.32. The van der Waals surface area contributed by atoms with Gasteiger partial charge in [0.15, 0.2) is 0 Å². The second-order valence-electron chi connectivity index (χ2n) is 5.67. The van der Waals surface area contributed by atoms with Gasteiger partial charge in [-0.1, -0.05) is 17.8 Å². The molecule has 0 bridgehead atoms. The van der Waals surface area contributed by atoms with Crippen molar-refractivity contribution in [2.45, 2.75) is 17.6 Å². The van der Waals surface area contributed by atoms with E-state index in [9.17, 15) is 18.4 Å². The molecule has 28 heavy (non-hydrogen) atoms. The highest BCUT2D eigenvalue weighted by atomic mass is 32.2. The van der Waals surface area contributed by atoms with Crippen LogP contribution in [0, 0.1) is 6.92 Å². The summed E-state index contributed by atoms with van der Waals surface area (Å²) >= 11 is 1.43. The number of aryl methyl sites for hydroxylation is 1. The Morgan fingerprint density at radius 2 is 1.82 bits per heavy atom. The third kappa shape index (κ3) is 4.93. The Hall–Kier alpha value is -2.78. The van der Waals surface area contributed by atoms with Crippen LogP contribution in [0.4, 0.5) is 20.2 Å². The SMILES string of the molecule is Cc1ccc(NC(=O)c2sccc2SC(F)F)cc1NC(=O)c1ccncc1. The van der Waals surface area contributed by atoms with Gasteiger partial charge in [0.25, 0.3) is 17.6 Å². The van der Waals surface area contributed by atoms with Crippen molar-refractivity contribution in [3.05, 3.63) is 70.2 Å². The topological polar surface area (TPSA) is 71.1 Å². The van der Waals surface area contributed by atoms with Crippen LogP contribution in [0.3, 0.4) is 0 Å². The monoisotopic (exact) mass is 419 g/mol. The number of hydrogen-bond donors (Lipinski definition) is 2. The second kappa shape index (κ2) is 8.94. The fourth-order valence-corrected chi connectivity index (χ4v) is 3.97. The number of hydrogen-bond acceptors (Lipinski definition) is 5. The molecule has 3 rings (SSSR count). The van der Waals surface area contributed by atoms with Crippen molar-refractivity contribution < 1.29 is 18.4 Å². The molecule has 2 heterocycles. The molecule has 0 saturated carbocycles. The molecule has 0 radical (unpaired) electrons. The summed E-state index contributed by atoms with van der Waals surface area (Å²) in [7, 11) is 0. The van der Waals surface area contributed by atoms with Gasteiger partial charge < -0.3 is 10.6 Å². The third-order valence-electron chi connectivity index (χ3n) is 3.74. The predicted octanol–water partition coefficient (Wildman–Crippen LogP) is 5.27. The summed E-state index contributed by atoms with van der Waals surface area (Å²) in [6, 6.07) is 9.74. The van der Waals surface area contributed by atoms with Crippen molar-refractivity contribution in [2.24, 2.45) is 0 Å². The molecule has 3 aromatic rings. The van der Waals surface area contributed by atoms with Crippen LogP contribution in [0.15, 0.2) is 59.1 Å². The van der Waals surface area contributed by atoms with Crippen LogP contribution < -0.4 is 10.6 Å². The number of pyridine rings is 1. The Labute approximate surface area is 168 Å². The summed E-state index contributed by atoms with van der Waals surface area (Å²) in [5.74, 6) is -3.38. The van der Waals surface area contributed by atoms with E-state index in [2.05, 4.69) is 15.6 Å². The Bertz CT molecular complexity index is 994. The van der Waals surface area contributed by atoms with E-state index in [-0.39, 0.29) is 15.7 Å². The van der Waals surface area contributed by atoms with Crippen LogP contribution >= 0.6 is 23.1 Å². The minimum Gasteiger partial charge on any atom is -0.322 e. The van der Waals surface area contributed by atoms with Crippen molar-refractivity contribution in [3.8, 4) is 0 Å². The zero-order valence-electron chi connectivity index (χ0n) is 14.6. The first-order valence-electron chi connectivity index (χ1n) is 8.09. The van der Waals surface area contributed by atoms with E-state index in [0.717, 1.165) is 16.9 Å². The quantitative estimate of drug-likeness (QED) is 0.534. The molecule has 2 amide bonds. The summed E-state index contributed by atoms with van der Waals surface area (Å²) in [6.07, 6.45) is 3.04. The van der Waals surface area contributed by atoms with Crippen LogP contribution in [0.1, 0.15) is 25.6 Å². The lowest BCUT2D eigenvalue weighted by atomic mass is 10.1. The highest BCUT2D eigenvalue weighted by molar-refractivity contribution is 7.99. The molecule has 0 unspecified atom stereocenters. The van der Waals surface area contributed by atoms with Crippen molar-refractivity contribution in [1.82, 2.24) is 4.98 Å². The van der Waals surface area contributed by atoms with Gasteiger partial charge in [-0.3, -0.25) is 14.6 Å². The summed E-state index contributed by atoms with van der Waals surface area (Å²) in [4.78, 5) is 29.1. The van der Waals surface area contributed by atoms with Crippen molar-refractivity contribution in [2.75, 3.05) is 10.6 Å². The lowest BCUT2D eigenvalue weighted by Crippen LogP contribution is -2.14. The lowest BCUT2D eigenvalue weighted by Gasteiger charge is -2.12. The number of carbonyl (C=O) groups is 2. The molecule has 0 atom stereocenters. The molecule has 0 aliphatic heterocycles. The number of anilines is 2. The van der Waals surface area contributed by atoms with E-state index in [0.29, 0.717) is 28.7 Å². The Kier molecular flexibility index (Phi) is 6.37. The molecule has 2 aromatic heterocycles. The number of thioether (sulfide) groups is 1. The number of nitrogens with one attached hydrogen (secondary N) is 2. The van der Waals surface area contributed by atoms with Crippen molar-refractivity contribution in [1.29, 1.82) is 0 Å². The maximum absolute atomic E-state index is 12.6. The molecule has 9 heteroatoms. The van der Waals surface area contributed by atoms with Gasteiger partial charge in [0.1, 0.15) is 4.88 Å². The van der Waals surface area contributed by atoms with Gasteiger partial charge in [-0.25, -0.2) is 0 Å². The molecule has 0 aliphatic rings. The number of halogens is 2. The number of amides is 2. The number of nitrogens with zero attached hydrogens (tertiary/aromatic N) is 1. The number of rotatable bonds is 6. The zero-order valence-corrected chi connectivity index (χ0v) is 16.2. The summed E-state index contributed by atoms with van der Waals surface area (Å²) in [5.41, 5.74) is 2.25. The minimum atomic E-state index is -2.60.